The summed E-state index contributed by atoms with van der Waals surface area (Å²) in [5.41, 5.74) is 1.58. The number of methoxy groups -OCH3 is 2. The van der Waals surface area contributed by atoms with Gasteiger partial charge in [0.05, 0.1) is 49.8 Å². The number of rotatable bonds is 9. The molecule has 0 aromatic heterocycles. The summed E-state index contributed by atoms with van der Waals surface area (Å²) in [5, 5.41) is 0.181. The Balaban J connectivity index is 2.11. The van der Waals surface area contributed by atoms with E-state index in [1.54, 1.807) is 6.07 Å². The summed E-state index contributed by atoms with van der Waals surface area (Å²) in [6, 6.07) is 7.15. The molecule has 0 unspecified atom stereocenters. The number of hydrogen-bond acceptors (Lipinski definition) is 7. The summed E-state index contributed by atoms with van der Waals surface area (Å²) in [4.78, 5) is 12.3. The number of carbonyl (C=O) groups excluding carboxylic acids is 1. The Hall–Kier alpha value is -2.49. The molecule has 1 aliphatic heterocycles. The van der Waals surface area contributed by atoms with Gasteiger partial charge >= 0.3 is 5.97 Å². The van der Waals surface area contributed by atoms with Crippen LogP contribution in [0.2, 0.25) is 5.02 Å². The minimum atomic E-state index is -3.99. The predicted molar refractivity (Wildman–Crippen MR) is 124 cm³/mol. The molecule has 10 heteroatoms. The predicted octanol–water partition coefficient (Wildman–Crippen LogP) is 4.00. The molecule has 0 aliphatic carbocycles. The molecule has 0 fully saturated rings. The number of esters is 1. The van der Waals surface area contributed by atoms with Crippen molar-refractivity contribution in [3.05, 3.63) is 46.5 Å². The quantitative estimate of drug-likeness (QED) is 0.483. The van der Waals surface area contributed by atoms with Crippen LogP contribution in [0.25, 0.3) is 0 Å². The van der Waals surface area contributed by atoms with Crippen LogP contribution in [0.15, 0.2) is 35.2 Å². The Bertz CT molecular complexity index is 1120. The van der Waals surface area contributed by atoms with Crippen molar-refractivity contribution in [1.29, 1.82) is 0 Å². The van der Waals surface area contributed by atoms with Gasteiger partial charge in [0.15, 0.2) is 11.5 Å². The zero-order chi connectivity index (χ0) is 24.2. The first-order valence-electron chi connectivity index (χ1n) is 10.6. The Morgan fingerprint density at radius 1 is 1.06 bits per heavy atom. The lowest BCUT2D eigenvalue weighted by Gasteiger charge is -2.36. The van der Waals surface area contributed by atoms with Gasteiger partial charge in [-0.25, -0.2) is 8.42 Å². The van der Waals surface area contributed by atoms with Crippen molar-refractivity contribution in [3.63, 3.8) is 0 Å². The van der Waals surface area contributed by atoms with Crippen LogP contribution in [-0.4, -0.2) is 52.7 Å². The van der Waals surface area contributed by atoms with Crippen LogP contribution in [-0.2, 0) is 26.0 Å². The van der Waals surface area contributed by atoms with E-state index in [0.29, 0.717) is 42.4 Å². The Kier molecular flexibility index (Phi) is 8.10. The molecule has 0 amide bonds. The number of nitrogens with zero attached hydrogens (tertiary/aromatic N) is 1. The van der Waals surface area contributed by atoms with Crippen LogP contribution in [0.3, 0.4) is 0 Å². The molecule has 0 N–H and O–H groups in total. The first-order chi connectivity index (χ1) is 15.8. The maximum Gasteiger partial charge on any atom is 0.307 e. The highest BCUT2D eigenvalue weighted by Gasteiger charge is 2.39. The van der Waals surface area contributed by atoms with Crippen molar-refractivity contribution in [2.45, 2.75) is 37.6 Å². The SMILES string of the molecule is CCOc1cc2c(cc1OCC)[C@@H](CC(=O)OC)N(S(=O)(=O)c1ccc(OC)c(Cl)c1)CC2. The van der Waals surface area contributed by atoms with Gasteiger partial charge in [-0.05, 0) is 61.7 Å². The molecule has 0 saturated heterocycles. The van der Waals surface area contributed by atoms with Gasteiger partial charge in [0.1, 0.15) is 5.75 Å². The highest BCUT2D eigenvalue weighted by molar-refractivity contribution is 7.89. The first kappa shape index (κ1) is 25.1. The zero-order valence-electron chi connectivity index (χ0n) is 19.1. The van der Waals surface area contributed by atoms with Crippen LogP contribution >= 0.6 is 11.6 Å². The lowest BCUT2D eigenvalue weighted by molar-refractivity contribution is -0.141. The number of sulfonamides is 1. The average molecular weight is 498 g/mol. The minimum absolute atomic E-state index is 0.0163. The molecule has 3 rings (SSSR count). The Labute approximate surface area is 199 Å². The minimum Gasteiger partial charge on any atom is -0.495 e. The van der Waals surface area contributed by atoms with Gasteiger partial charge in [0, 0.05) is 6.54 Å². The number of ether oxygens (including phenoxy) is 4. The molecule has 2 aromatic carbocycles. The van der Waals surface area contributed by atoms with Crippen molar-refractivity contribution in [2.75, 3.05) is 34.0 Å². The molecule has 33 heavy (non-hydrogen) atoms. The van der Waals surface area contributed by atoms with E-state index in [4.69, 9.17) is 30.5 Å². The number of fused-ring (bicyclic) bond motifs is 1. The Morgan fingerprint density at radius 3 is 2.30 bits per heavy atom. The molecule has 1 heterocycles. The summed E-state index contributed by atoms with van der Waals surface area (Å²) in [7, 11) is -1.26. The molecule has 1 atom stereocenters. The van der Waals surface area contributed by atoms with E-state index in [0.717, 1.165) is 5.56 Å². The molecule has 180 valence electrons. The monoisotopic (exact) mass is 497 g/mol. The number of hydrogen-bond donors (Lipinski definition) is 0. The van der Waals surface area contributed by atoms with Gasteiger partial charge in [0.25, 0.3) is 0 Å². The van der Waals surface area contributed by atoms with E-state index >= 15 is 0 Å². The molecule has 0 bridgehead atoms. The van der Waals surface area contributed by atoms with Crippen molar-refractivity contribution in [3.8, 4) is 17.2 Å². The maximum absolute atomic E-state index is 13.6. The van der Waals surface area contributed by atoms with Gasteiger partial charge in [-0.3, -0.25) is 4.79 Å². The molecular formula is C23H28ClNO7S. The standard InChI is InChI=1S/C23H28ClNO7S/c1-5-31-21-11-15-9-10-25(33(27,28)16-7-8-20(29-3)18(24)12-16)19(14-23(26)30-4)17(15)13-22(21)32-6-2/h7-8,11-13,19H,5-6,9-10,14H2,1-4H3/t19-/m1/s1. The molecular weight excluding hydrogens is 470 g/mol. The van der Waals surface area contributed by atoms with E-state index in [9.17, 15) is 13.2 Å². The van der Waals surface area contributed by atoms with Crippen LogP contribution in [0, 0.1) is 0 Å². The van der Waals surface area contributed by atoms with Gasteiger partial charge in [-0.15, -0.1) is 0 Å². The average Bonchev–Trinajstić information content (AvgIpc) is 2.79. The third-order valence-corrected chi connectivity index (χ3v) is 7.63. The second-order valence-corrected chi connectivity index (χ2v) is 9.62. The molecule has 8 nitrogen and oxygen atoms in total. The Morgan fingerprint density at radius 2 is 1.73 bits per heavy atom. The fraction of sp³-hybridized carbons (Fsp3) is 0.435. The number of halogens is 1. The third kappa shape index (κ3) is 5.20. The van der Waals surface area contributed by atoms with Crippen molar-refractivity contribution >= 4 is 27.6 Å². The number of carbonyl (C=O) groups is 1. The summed E-state index contributed by atoms with van der Waals surface area (Å²) in [6.07, 6.45) is 0.300. The van der Waals surface area contributed by atoms with E-state index in [1.165, 1.54) is 36.7 Å². The molecule has 1 aliphatic rings. The first-order valence-corrected chi connectivity index (χ1v) is 12.4. The van der Waals surface area contributed by atoms with E-state index in [2.05, 4.69) is 0 Å². The van der Waals surface area contributed by atoms with Crippen LogP contribution in [0.5, 0.6) is 17.2 Å². The summed E-state index contributed by atoms with van der Waals surface area (Å²) in [5.74, 6) is 0.941. The fourth-order valence-corrected chi connectivity index (χ4v) is 5.86. The summed E-state index contributed by atoms with van der Waals surface area (Å²) >= 11 is 6.19. The summed E-state index contributed by atoms with van der Waals surface area (Å²) in [6.45, 7) is 4.78. The van der Waals surface area contributed by atoms with Crippen LogP contribution in [0.4, 0.5) is 0 Å². The molecule has 0 radical (unpaired) electrons. The van der Waals surface area contributed by atoms with Crippen molar-refractivity contribution in [2.24, 2.45) is 0 Å². The van der Waals surface area contributed by atoms with Crippen LogP contribution in [0.1, 0.15) is 37.4 Å². The topological polar surface area (TPSA) is 91.4 Å². The van der Waals surface area contributed by atoms with Gasteiger partial charge in [-0.1, -0.05) is 11.6 Å². The van der Waals surface area contributed by atoms with Crippen LogP contribution < -0.4 is 14.2 Å². The van der Waals surface area contributed by atoms with Crippen molar-refractivity contribution in [1.82, 2.24) is 4.31 Å². The van der Waals surface area contributed by atoms with Gasteiger partial charge < -0.3 is 18.9 Å². The largest absolute Gasteiger partial charge is 0.495 e. The van der Waals surface area contributed by atoms with Gasteiger partial charge in [0.2, 0.25) is 10.0 Å². The summed E-state index contributed by atoms with van der Waals surface area (Å²) < 4.78 is 50.0. The normalized spacial score (nSPS) is 16.1. The smallest absolute Gasteiger partial charge is 0.307 e. The highest BCUT2D eigenvalue weighted by atomic mass is 35.5. The second kappa shape index (κ2) is 10.6. The van der Waals surface area contributed by atoms with Gasteiger partial charge in [-0.2, -0.15) is 4.31 Å². The number of benzene rings is 2. The van der Waals surface area contributed by atoms with Crippen molar-refractivity contribution < 1.29 is 32.2 Å². The third-order valence-electron chi connectivity index (χ3n) is 5.43. The lowest BCUT2D eigenvalue weighted by Crippen LogP contribution is -2.41. The molecule has 0 spiro atoms. The fourth-order valence-electron chi connectivity index (χ4n) is 3.91. The maximum atomic E-state index is 13.6. The molecule has 0 saturated carbocycles. The molecule has 2 aromatic rings. The lowest BCUT2D eigenvalue weighted by atomic mass is 9.91. The van der Waals surface area contributed by atoms with E-state index < -0.39 is 22.0 Å². The second-order valence-electron chi connectivity index (χ2n) is 7.32. The van der Waals surface area contributed by atoms with E-state index in [-0.39, 0.29) is 22.9 Å². The van der Waals surface area contributed by atoms with E-state index in [1.807, 2.05) is 19.9 Å². The highest BCUT2D eigenvalue weighted by Crippen LogP contribution is 2.42. The zero-order valence-corrected chi connectivity index (χ0v) is 20.7.